The van der Waals surface area contributed by atoms with Crippen LogP contribution < -0.4 is 0 Å². The van der Waals surface area contributed by atoms with Crippen molar-refractivity contribution in [2.75, 3.05) is 0 Å². The maximum atomic E-state index is 13.6. The van der Waals surface area contributed by atoms with Gasteiger partial charge in [0.2, 0.25) is 0 Å². The Balaban J connectivity index is 2.49. The molecule has 0 heterocycles. The van der Waals surface area contributed by atoms with Crippen LogP contribution in [-0.4, -0.2) is 11.1 Å². The minimum Gasteiger partial charge on any atom is -0.478 e. The highest BCUT2D eigenvalue weighted by atomic mass is 32.2. The predicted molar refractivity (Wildman–Crippen MR) is 63.8 cm³/mol. The average Bonchev–Trinajstić information content (AvgIpc) is 2.35. The Hall–Kier alpha value is -1.95. The smallest absolute Gasteiger partial charge is 0.336 e. The van der Waals surface area contributed by atoms with E-state index in [0.717, 1.165) is 24.3 Å². The minimum atomic E-state index is -1.33. The van der Waals surface area contributed by atoms with Crippen molar-refractivity contribution in [1.29, 1.82) is 0 Å². The summed E-state index contributed by atoms with van der Waals surface area (Å²) < 4.78 is 40.1. The highest BCUT2D eigenvalue weighted by molar-refractivity contribution is 7.99. The van der Waals surface area contributed by atoms with E-state index in [1.807, 2.05) is 0 Å². The second kappa shape index (κ2) is 5.36. The molecule has 2 aromatic rings. The molecule has 0 saturated carbocycles. The zero-order valence-electron chi connectivity index (χ0n) is 9.36. The zero-order chi connectivity index (χ0) is 14.0. The molecular weight excluding hydrogens is 277 g/mol. The molecule has 19 heavy (non-hydrogen) atoms. The summed E-state index contributed by atoms with van der Waals surface area (Å²) in [6.07, 6.45) is 0. The van der Waals surface area contributed by atoms with Crippen molar-refractivity contribution in [3.8, 4) is 0 Å². The number of carbonyl (C=O) groups is 1. The lowest BCUT2D eigenvalue weighted by Gasteiger charge is -2.07. The van der Waals surface area contributed by atoms with Crippen LogP contribution in [0, 0.1) is 17.5 Å². The van der Waals surface area contributed by atoms with Gasteiger partial charge in [-0.3, -0.25) is 0 Å². The number of carboxylic acid groups (broad SMARTS) is 1. The van der Waals surface area contributed by atoms with E-state index in [4.69, 9.17) is 5.11 Å². The van der Waals surface area contributed by atoms with Crippen LogP contribution in [0.15, 0.2) is 46.2 Å². The van der Waals surface area contributed by atoms with Gasteiger partial charge >= 0.3 is 5.97 Å². The number of hydrogen-bond donors (Lipinski definition) is 1. The molecule has 0 fully saturated rings. The van der Waals surface area contributed by atoms with Gasteiger partial charge in [-0.25, -0.2) is 18.0 Å². The van der Waals surface area contributed by atoms with Crippen molar-refractivity contribution in [3.63, 3.8) is 0 Å². The van der Waals surface area contributed by atoms with Gasteiger partial charge in [-0.15, -0.1) is 0 Å². The van der Waals surface area contributed by atoms with Gasteiger partial charge in [0, 0.05) is 0 Å². The Morgan fingerprint density at radius 2 is 1.79 bits per heavy atom. The lowest BCUT2D eigenvalue weighted by atomic mass is 10.2. The van der Waals surface area contributed by atoms with Crippen LogP contribution in [0.2, 0.25) is 0 Å². The fourth-order valence-electron chi connectivity index (χ4n) is 1.45. The number of aromatic carboxylic acids is 1. The first-order valence-electron chi connectivity index (χ1n) is 5.13. The molecule has 2 rings (SSSR count). The zero-order valence-corrected chi connectivity index (χ0v) is 10.2. The Kier molecular flexibility index (Phi) is 3.80. The highest BCUT2D eigenvalue weighted by Gasteiger charge is 2.17. The van der Waals surface area contributed by atoms with Gasteiger partial charge in [0.15, 0.2) is 0 Å². The van der Waals surface area contributed by atoms with E-state index in [1.54, 1.807) is 0 Å². The van der Waals surface area contributed by atoms with Crippen LogP contribution in [0.4, 0.5) is 13.2 Å². The lowest BCUT2D eigenvalue weighted by Crippen LogP contribution is -2.00. The molecule has 0 unspecified atom stereocenters. The van der Waals surface area contributed by atoms with Crippen molar-refractivity contribution >= 4 is 17.7 Å². The molecule has 0 aromatic heterocycles. The van der Waals surface area contributed by atoms with E-state index in [0.29, 0.717) is 11.8 Å². The summed E-state index contributed by atoms with van der Waals surface area (Å²) in [5.41, 5.74) is -0.298. The normalized spacial score (nSPS) is 10.5. The molecule has 0 radical (unpaired) electrons. The Bertz CT molecular complexity index is 644. The van der Waals surface area contributed by atoms with E-state index in [2.05, 4.69) is 0 Å². The van der Waals surface area contributed by atoms with E-state index in [-0.39, 0.29) is 15.4 Å². The largest absolute Gasteiger partial charge is 0.478 e. The van der Waals surface area contributed by atoms with Gasteiger partial charge < -0.3 is 5.11 Å². The third kappa shape index (κ3) is 2.90. The van der Waals surface area contributed by atoms with Crippen LogP contribution in [0.25, 0.3) is 0 Å². The second-order valence-corrected chi connectivity index (χ2v) is 4.65. The van der Waals surface area contributed by atoms with E-state index in [1.165, 1.54) is 12.1 Å². The number of halogens is 3. The maximum Gasteiger partial charge on any atom is 0.336 e. The SMILES string of the molecule is O=C(O)c1cccc(F)c1Sc1cc(F)ccc1F. The van der Waals surface area contributed by atoms with Crippen LogP contribution in [0.3, 0.4) is 0 Å². The maximum absolute atomic E-state index is 13.6. The van der Waals surface area contributed by atoms with Crippen molar-refractivity contribution in [2.45, 2.75) is 9.79 Å². The summed E-state index contributed by atoms with van der Waals surface area (Å²) in [7, 11) is 0. The quantitative estimate of drug-likeness (QED) is 0.927. The first-order valence-corrected chi connectivity index (χ1v) is 5.95. The summed E-state index contributed by atoms with van der Waals surface area (Å²) in [6, 6.07) is 6.22. The number of rotatable bonds is 3. The topological polar surface area (TPSA) is 37.3 Å². The second-order valence-electron chi connectivity index (χ2n) is 3.60. The van der Waals surface area contributed by atoms with Gasteiger partial charge in [0.25, 0.3) is 0 Å². The lowest BCUT2D eigenvalue weighted by molar-refractivity contribution is 0.0692. The third-order valence-electron chi connectivity index (χ3n) is 2.30. The molecule has 2 nitrogen and oxygen atoms in total. The van der Waals surface area contributed by atoms with Crippen molar-refractivity contribution in [3.05, 3.63) is 59.4 Å². The van der Waals surface area contributed by atoms with Gasteiger partial charge in [-0.2, -0.15) is 0 Å². The first kappa shape index (κ1) is 13.5. The molecule has 0 bridgehead atoms. The Morgan fingerprint density at radius 3 is 2.47 bits per heavy atom. The summed E-state index contributed by atoms with van der Waals surface area (Å²) in [4.78, 5) is 10.5. The summed E-state index contributed by atoms with van der Waals surface area (Å²) >= 11 is 0.539. The fraction of sp³-hybridized carbons (Fsp3) is 0. The van der Waals surface area contributed by atoms with E-state index in [9.17, 15) is 18.0 Å². The molecule has 0 saturated heterocycles. The molecule has 0 atom stereocenters. The number of hydrogen-bond acceptors (Lipinski definition) is 2. The van der Waals surface area contributed by atoms with Crippen LogP contribution in [0.5, 0.6) is 0 Å². The van der Waals surface area contributed by atoms with Crippen molar-refractivity contribution in [1.82, 2.24) is 0 Å². The molecule has 2 aromatic carbocycles. The summed E-state index contributed by atoms with van der Waals surface area (Å²) in [5, 5.41) is 8.94. The predicted octanol–water partition coefficient (Wildman–Crippen LogP) is 3.95. The highest BCUT2D eigenvalue weighted by Crippen LogP contribution is 2.34. The monoisotopic (exact) mass is 284 g/mol. The summed E-state index contributed by atoms with van der Waals surface area (Å²) in [5.74, 6) is -3.56. The Morgan fingerprint density at radius 1 is 1.05 bits per heavy atom. The molecule has 0 spiro atoms. The standard InChI is InChI=1S/C13H7F3O2S/c14-7-4-5-9(15)11(6-7)19-12-8(13(17)18)2-1-3-10(12)16/h1-6H,(H,17,18). The van der Waals surface area contributed by atoms with Crippen molar-refractivity contribution < 1.29 is 23.1 Å². The number of benzene rings is 2. The third-order valence-corrected chi connectivity index (χ3v) is 3.45. The molecule has 98 valence electrons. The van der Waals surface area contributed by atoms with E-state index >= 15 is 0 Å². The van der Waals surface area contributed by atoms with Crippen LogP contribution >= 0.6 is 11.8 Å². The Labute approximate surface area is 110 Å². The molecular formula is C13H7F3O2S. The van der Waals surface area contributed by atoms with Gasteiger partial charge in [-0.05, 0) is 30.3 Å². The number of carboxylic acids is 1. The molecule has 6 heteroatoms. The molecule has 0 aliphatic carbocycles. The van der Waals surface area contributed by atoms with Gasteiger partial charge in [0.05, 0.1) is 15.4 Å². The minimum absolute atomic E-state index is 0.174. The average molecular weight is 284 g/mol. The molecule has 0 aliphatic rings. The molecule has 0 aliphatic heterocycles. The van der Waals surface area contributed by atoms with Crippen molar-refractivity contribution in [2.24, 2.45) is 0 Å². The van der Waals surface area contributed by atoms with Crippen LogP contribution in [-0.2, 0) is 0 Å². The fourth-order valence-corrected chi connectivity index (χ4v) is 2.43. The van der Waals surface area contributed by atoms with Gasteiger partial charge in [0.1, 0.15) is 17.5 Å². The molecule has 1 N–H and O–H groups in total. The van der Waals surface area contributed by atoms with E-state index < -0.39 is 23.4 Å². The molecule has 0 amide bonds. The summed E-state index contributed by atoms with van der Waals surface area (Å²) in [6.45, 7) is 0. The van der Waals surface area contributed by atoms with Crippen LogP contribution in [0.1, 0.15) is 10.4 Å². The first-order chi connectivity index (χ1) is 8.99. The van der Waals surface area contributed by atoms with Gasteiger partial charge in [-0.1, -0.05) is 17.8 Å².